The normalized spacial score (nSPS) is 10.9. The van der Waals surface area contributed by atoms with Crippen LogP contribution >= 0.6 is 0 Å². The first-order valence-corrected chi connectivity index (χ1v) is 9.61. The van der Waals surface area contributed by atoms with Gasteiger partial charge < -0.3 is 16.4 Å². The zero-order valence-electron chi connectivity index (χ0n) is 16.9. The second-order valence-corrected chi connectivity index (χ2v) is 7.16. The lowest BCUT2D eigenvalue weighted by Crippen LogP contribution is -2.23. The van der Waals surface area contributed by atoms with E-state index in [9.17, 15) is 4.79 Å². The van der Waals surface area contributed by atoms with Gasteiger partial charge in [-0.3, -0.25) is 9.48 Å². The number of nitrogens with zero attached hydrogens (tertiary/aromatic N) is 4. The summed E-state index contributed by atoms with van der Waals surface area (Å²) in [5.41, 5.74) is 10.4. The Morgan fingerprint density at radius 3 is 2.67 bits per heavy atom. The van der Waals surface area contributed by atoms with Crippen LogP contribution in [0.5, 0.6) is 0 Å². The van der Waals surface area contributed by atoms with Crippen LogP contribution in [0.4, 0.5) is 11.8 Å². The lowest BCUT2D eigenvalue weighted by Gasteiger charge is -2.09. The van der Waals surface area contributed by atoms with Gasteiger partial charge in [-0.25, -0.2) is 0 Å². The molecule has 0 radical (unpaired) electrons. The number of aromatic nitrogens is 4. The van der Waals surface area contributed by atoms with E-state index < -0.39 is 0 Å². The molecular weight excluding hydrogens is 378 g/mol. The highest BCUT2D eigenvalue weighted by atomic mass is 16.1. The van der Waals surface area contributed by atoms with E-state index >= 15 is 0 Å². The summed E-state index contributed by atoms with van der Waals surface area (Å²) < 4.78 is 1.65. The van der Waals surface area contributed by atoms with Gasteiger partial charge in [0.25, 0.3) is 5.91 Å². The third-order valence-corrected chi connectivity index (χ3v) is 4.84. The summed E-state index contributed by atoms with van der Waals surface area (Å²) in [7, 11) is 1.80. The Balaban J connectivity index is 1.41. The molecule has 0 atom stereocenters. The summed E-state index contributed by atoms with van der Waals surface area (Å²) in [5, 5.41) is 11.0. The molecule has 2 aromatic carbocycles. The van der Waals surface area contributed by atoms with Crippen LogP contribution in [0.2, 0.25) is 0 Å². The molecule has 0 aliphatic rings. The van der Waals surface area contributed by atoms with Gasteiger partial charge in [-0.1, -0.05) is 42.0 Å². The molecule has 30 heavy (non-hydrogen) atoms. The topological polar surface area (TPSA) is 111 Å². The second kappa shape index (κ2) is 8.20. The second-order valence-electron chi connectivity index (χ2n) is 7.16. The molecule has 4 aromatic rings. The molecule has 0 spiro atoms. The van der Waals surface area contributed by atoms with Gasteiger partial charge in [0.15, 0.2) is 5.65 Å². The van der Waals surface area contributed by atoms with E-state index in [1.165, 1.54) is 5.56 Å². The number of nitrogens with two attached hydrogens (primary N) is 1. The van der Waals surface area contributed by atoms with E-state index in [1.54, 1.807) is 24.0 Å². The number of nitrogens with one attached hydrogen (secondary N) is 2. The first-order chi connectivity index (χ1) is 14.5. The number of amides is 1. The van der Waals surface area contributed by atoms with E-state index in [4.69, 9.17) is 5.73 Å². The Hall–Kier alpha value is -3.94. The first kappa shape index (κ1) is 19.4. The van der Waals surface area contributed by atoms with Crippen molar-refractivity contribution < 1.29 is 4.79 Å². The van der Waals surface area contributed by atoms with Crippen molar-refractivity contribution in [3.8, 4) is 0 Å². The monoisotopic (exact) mass is 401 g/mol. The Kier molecular flexibility index (Phi) is 5.30. The molecule has 4 rings (SSSR count). The lowest BCUT2D eigenvalue weighted by atomic mass is 10.1. The van der Waals surface area contributed by atoms with Crippen molar-refractivity contribution in [2.45, 2.75) is 20.0 Å². The molecule has 1 amide bonds. The SMILES string of the molecule is Cc1ccc(CNC(=O)c2cccc(CNc3nc(N)c4cnn(C)c4n3)c2)cc1. The molecule has 152 valence electrons. The number of fused-ring (bicyclic) bond motifs is 1. The lowest BCUT2D eigenvalue weighted by molar-refractivity contribution is 0.0951. The Bertz CT molecular complexity index is 1200. The van der Waals surface area contributed by atoms with Gasteiger partial charge in [-0.15, -0.1) is 0 Å². The molecule has 0 unspecified atom stereocenters. The zero-order chi connectivity index (χ0) is 21.1. The number of aryl methyl sites for hydroxylation is 2. The zero-order valence-corrected chi connectivity index (χ0v) is 16.9. The minimum atomic E-state index is -0.116. The maximum Gasteiger partial charge on any atom is 0.251 e. The van der Waals surface area contributed by atoms with Crippen LogP contribution in [-0.4, -0.2) is 25.7 Å². The summed E-state index contributed by atoms with van der Waals surface area (Å²) in [6.07, 6.45) is 1.65. The standard InChI is InChI=1S/C22H23N7O/c1-14-6-8-15(9-7-14)11-24-21(30)17-5-3-4-16(10-17)12-25-22-27-19(23)18-13-26-29(2)20(18)28-22/h3-10,13H,11-12H2,1-2H3,(H,24,30)(H3,23,25,27,28). The predicted octanol–water partition coefficient (Wildman–Crippen LogP) is 2.80. The van der Waals surface area contributed by atoms with Crippen molar-refractivity contribution in [1.29, 1.82) is 0 Å². The van der Waals surface area contributed by atoms with Gasteiger partial charge >= 0.3 is 0 Å². The van der Waals surface area contributed by atoms with Crippen molar-refractivity contribution >= 4 is 28.7 Å². The number of nitrogen functional groups attached to an aromatic ring is 1. The third-order valence-electron chi connectivity index (χ3n) is 4.84. The molecule has 2 heterocycles. The number of anilines is 2. The molecule has 8 nitrogen and oxygen atoms in total. The summed E-state index contributed by atoms with van der Waals surface area (Å²) in [4.78, 5) is 21.3. The molecule has 0 saturated carbocycles. The van der Waals surface area contributed by atoms with Crippen LogP contribution in [0.1, 0.15) is 27.0 Å². The summed E-state index contributed by atoms with van der Waals surface area (Å²) in [6.45, 7) is 2.98. The Morgan fingerprint density at radius 2 is 1.87 bits per heavy atom. The summed E-state index contributed by atoms with van der Waals surface area (Å²) in [6, 6.07) is 15.5. The average molecular weight is 401 g/mol. The minimum Gasteiger partial charge on any atom is -0.383 e. The van der Waals surface area contributed by atoms with Gasteiger partial charge in [-0.05, 0) is 30.2 Å². The average Bonchev–Trinajstić information content (AvgIpc) is 3.13. The third kappa shape index (κ3) is 4.22. The number of carbonyl (C=O) groups excluding carboxylic acids is 1. The fraction of sp³-hybridized carbons (Fsp3) is 0.182. The maximum atomic E-state index is 12.5. The Labute approximate surface area is 174 Å². The van der Waals surface area contributed by atoms with Crippen molar-refractivity contribution in [2.75, 3.05) is 11.1 Å². The Morgan fingerprint density at radius 1 is 1.07 bits per heavy atom. The molecule has 0 fully saturated rings. The van der Waals surface area contributed by atoms with Gasteiger partial charge in [0.1, 0.15) is 5.82 Å². The molecule has 8 heteroatoms. The predicted molar refractivity (Wildman–Crippen MR) is 117 cm³/mol. The van der Waals surface area contributed by atoms with Crippen molar-refractivity contribution in [2.24, 2.45) is 7.05 Å². The summed E-state index contributed by atoms with van der Waals surface area (Å²) >= 11 is 0. The van der Waals surface area contributed by atoms with Crippen LogP contribution in [0.3, 0.4) is 0 Å². The maximum absolute atomic E-state index is 12.5. The highest BCUT2D eigenvalue weighted by Crippen LogP contribution is 2.18. The minimum absolute atomic E-state index is 0.116. The highest BCUT2D eigenvalue weighted by Gasteiger charge is 2.10. The van der Waals surface area contributed by atoms with Crippen molar-refractivity contribution in [1.82, 2.24) is 25.1 Å². The van der Waals surface area contributed by atoms with E-state index in [2.05, 4.69) is 25.7 Å². The molecule has 0 saturated heterocycles. The molecular formula is C22H23N7O. The number of hydrogen-bond donors (Lipinski definition) is 3. The van der Waals surface area contributed by atoms with Crippen LogP contribution in [0, 0.1) is 6.92 Å². The fourth-order valence-corrected chi connectivity index (χ4v) is 3.12. The molecule has 0 bridgehead atoms. The van der Waals surface area contributed by atoms with Gasteiger partial charge in [0, 0.05) is 25.7 Å². The van der Waals surface area contributed by atoms with Crippen LogP contribution in [0.25, 0.3) is 11.0 Å². The van der Waals surface area contributed by atoms with E-state index in [-0.39, 0.29) is 5.91 Å². The molecule has 4 N–H and O–H groups in total. The highest BCUT2D eigenvalue weighted by molar-refractivity contribution is 5.94. The summed E-state index contributed by atoms with van der Waals surface area (Å²) in [5.74, 6) is 0.673. The number of benzene rings is 2. The number of rotatable bonds is 6. The van der Waals surface area contributed by atoms with Gasteiger partial charge in [0.2, 0.25) is 5.95 Å². The van der Waals surface area contributed by atoms with Crippen LogP contribution < -0.4 is 16.4 Å². The van der Waals surface area contributed by atoms with Crippen molar-refractivity contribution in [3.05, 3.63) is 77.0 Å². The largest absolute Gasteiger partial charge is 0.383 e. The fourth-order valence-electron chi connectivity index (χ4n) is 3.12. The quantitative estimate of drug-likeness (QED) is 0.458. The smallest absolute Gasteiger partial charge is 0.251 e. The van der Waals surface area contributed by atoms with Crippen LogP contribution in [0.15, 0.2) is 54.7 Å². The van der Waals surface area contributed by atoms with Gasteiger partial charge in [-0.2, -0.15) is 15.1 Å². The number of hydrogen-bond acceptors (Lipinski definition) is 6. The molecule has 0 aliphatic carbocycles. The van der Waals surface area contributed by atoms with E-state index in [0.29, 0.717) is 36.1 Å². The van der Waals surface area contributed by atoms with Crippen LogP contribution in [-0.2, 0) is 20.1 Å². The van der Waals surface area contributed by atoms with E-state index in [0.717, 1.165) is 16.5 Å². The van der Waals surface area contributed by atoms with Crippen molar-refractivity contribution in [3.63, 3.8) is 0 Å². The molecule has 0 aliphatic heterocycles. The molecule has 2 aromatic heterocycles. The first-order valence-electron chi connectivity index (χ1n) is 9.61. The van der Waals surface area contributed by atoms with E-state index in [1.807, 2.05) is 49.4 Å². The number of carbonyl (C=O) groups is 1. The van der Waals surface area contributed by atoms with Gasteiger partial charge in [0.05, 0.1) is 11.6 Å².